The fourth-order valence-electron chi connectivity index (χ4n) is 3.20. The number of nitrogens with zero attached hydrogens (tertiary/aromatic N) is 1. The number of hydrogen-bond donors (Lipinski definition) is 1. The van der Waals surface area contributed by atoms with Crippen LogP contribution in [0.1, 0.15) is 49.5 Å². The summed E-state index contributed by atoms with van der Waals surface area (Å²) >= 11 is 3.49. The van der Waals surface area contributed by atoms with Gasteiger partial charge in [0.1, 0.15) is 11.9 Å². The number of benzene rings is 1. The Hall–Kier alpha value is -1.95. The zero-order valence-corrected chi connectivity index (χ0v) is 16.3. The molecule has 0 saturated heterocycles. The van der Waals surface area contributed by atoms with Crippen LogP contribution in [0.15, 0.2) is 33.2 Å². The van der Waals surface area contributed by atoms with E-state index in [4.69, 9.17) is 4.74 Å². The lowest BCUT2D eigenvalue weighted by Crippen LogP contribution is -2.34. The number of hydrogen-bond acceptors (Lipinski definition) is 3. The molecule has 132 valence electrons. The molecule has 0 radical (unpaired) electrons. The van der Waals surface area contributed by atoms with Crippen LogP contribution in [0.2, 0.25) is 0 Å². The van der Waals surface area contributed by atoms with Crippen molar-refractivity contribution in [2.75, 3.05) is 6.54 Å². The molecule has 2 aliphatic rings. The van der Waals surface area contributed by atoms with Crippen molar-refractivity contribution < 1.29 is 14.3 Å². The van der Waals surface area contributed by atoms with Crippen molar-refractivity contribution in [2.24, 2.45) is 10.9 Å². The zero-order valence-electron chi connectivity index (χ0n) is 14.7. The predicted molar refractivity (Wildman–Crippen MR) is 100 cm³/mol. The van der Waals surface area contributed by atoms with Gasteiger partial charge in [-0.3, -0.25) is 9.59 Å². The molecule has 5 nitrogen and oxygen atoms in total. The summed E-state index contributed by atoms with van der Waals surface area (Å²) in [5.74, 6) is 0.225. The molecule has 3 atom stereocenters. The first-order valence-corrected chi connectivity index (χ1v) is 9.13. The topological polar surface area (TPSA) is 67.8 Å². The van der Waals surface area contributed by atoms with Gasteiger partial charge in [0.2, 0.25) is 0 Å². The van der Waals surface area contributed by atoms with Crippen molar-refractivity contribution in [1.82, 2.24) is 5.32 Å². The van der Waals surface area contributed by atoms with E-state index in [0.717, 1.165) is 21.4 Å². The van der Waals surface area contributed by atoms with Gasteiger partial charge in [0, 0.05) is 29.3 Å². The van der Waals surface area contributed by atoms with E-state index < -0.39 is 5.92 Å². The van der Waals surface area contributed by atoms with Crippen LogP contribution in [0.4, 0.5) is 0 Å². The summed E-state index contributed by atoms with van der Waals surface area (Å²) in [5.41, 5.74) is 3.20. The van der Waals surface area contributed by atoms with Crippen LogP contribution in [0.5, 0.6) is 5.75 Å². The Morgan fingerprint density at radius 3 is 2.72 bits per heavy atom. The first-order chi connectivity index (χ1) is 11.8. The molecule has 2 heterocycles. The molecule has 1 aromatic carbocycles. The minimum Gasteiger partial charge on any atom is -0.489 e. The summed E-state index contributed by atoms with van der Waals surface area (Å²) in [6, 6.07) is 3.63. The van der Waals surface area contributed by atoms with Gasteiger partial charge in [-0.1, -0.05) is 12.5 Å². The number of amides is 2. The monoisotopic (exact) mass is 404 g/mol. The SMILES string of the molecule is CC1=CC(C)=NC(=O)C1CNC(=O)c1cc(Br)c2c(c1)[C@@H](C)[C@H](C)O2. The highest BCUT2D eigenvalue weighted by Crippen LogP contribution is 2.43. The molecule has 1 aromatic rings. The molecule has 0 bridgehead atoms. The summed E-state index contributed by atoms with van der Waals surface area (Å²) in [4.78, 5) is 28.6. The molecule has 0 fully saturated rings. The third kappa shape index (κ3) is 3.40. The maximum Gasteiger partial charge on any atom is 0.254 e. The van der Waals surface area contributed by atoms with Gasteiger partial charge in [-0.05, 0) is 54.9 Å². The van der Waals surface area contributed by atoms with Gasteiger partial charge in [-0.15, -0.1) is 0 Å². The van der Waals surface area contributed by atoms with Crippen molar-refractivity contribution >= 4 is 33.5 Å². The highest BCUT2D eigenvalue weighted by molar-refractivity contribution is 9.10. The number of rotatable bonds is 3. The van der Waals surface area contributed by atoms with Gasteiger partial charge in [-0.2, -0.15) is 0 Å². The Balaban J connectivity index is 1.74. The Morgan fingerprint density at radius 2 is 2.04 bits per heavy atom. The van der Waals surface area contributed by atoms with Crippen molar-refractivity contribution in [3.05, 3.63) is 39.4 Å². The van der Waals surface area contributed by atoms with Crippen LogP contribution in [0, 0.1) is 5.92 Å². The number of nitrogens with one attached hydrogen (secondary N) is 1. The summed E-state index contributed by atoms with van der Waals surface area (Å²) in [6.45, 7) is 8.03. The zero-order chi connectivity index (χ0) is 18.3. The predicted octanol–water partition coefficient (Wildman–Crippen LogP) is 3.63. The maximum absolute atomic E-state index is 12.6. The van der Waals surface area contributed by atoms with Crippen LogP contribution in [0.25, 0.3) is 0 Å². The second-order valence-electron chi connectivity index (χ2n) is 6.73. The summed E-state index contributed by atoms with van der Waals surface area (Å²) in [6.07, 6.45) is 1.96. The first kappa shape index (κ1) is 17.9. The van der Waals surface area contributed by atoms with Crippen molar-refractivity contribution in [2.45, 2.75) is 39.7 Å². The van der Waals surface area contributed by atoms with Gasteiger partial charge >= 0.3 is 0 Å². The number of aliphatic imine (C=N–C) groups is 1. The van der Waals surface area contributed by atoms with Crippen LogP contribution in [-0.2, 0) is 4.79 Å². The van der Waals surface area contributed by atoms with Crippen molar-refractivity contribution in [1.29, 1.82) is 0 Å². The molecule has 0 saturated carbocycles. The second kappa shape index (κ2) is 6.75. The van der Waals surface area contributed by atoms with E-state index in [9.17, 15) is 9.59 Å². The average molecular weight is 405 g/mol. The van der Waals surface area contributed by atoms with Crippen molar-refractivity contribution in [3.63, 3.8) is 0 Å². The molecule has 0 aliphatic carbocycles. The Morgan fingerprint density at radius 1 is 1.32 bits per heavy atom. The molecule has 6 heteroatoms. The number of fused-ring (bicyclic) bond motifs is 1. The lowest BCUT2D eigenvalue weighted by atomic mass is 9.95. The highest BCUT2D eigenvalue weighted by Gasteiger charge is 2.31. The molecule has 3 rings (SSSR count). The molecule has 25 heavy (non-hydrogen) atoms. The van der Waals surface area contributed by atoms with E-state index in [1.807, 2.05) is 26.0 Å². The fraction of sp³-hybridized carbons (Fsp3) is 0.421. The summed E-state index contributed by atoms with van der Waals surface area (Å²) in [5, 5.41) is 2.86. The Bertz CT molecular complexity index is 813. The first-order valence-electron chi connectivity index (χ1n) is 8.33. The highest BCUT2D eigenvalue weighted by atomic mass is 79.9. The normalized spacial score (nSPS) is 25.0. The van der Waals surface area contributed by atoms with Gasteiger partial charge < -0.3 is 10.1 Å². The van der Waals surface area contributed by atoms with E-state index >= 15 is 0 Å². The number of ether oxygens (including phenoxy) is 1. The standard InChI is InChI=1S/C19H21BrN2O3/c1-9-5-10(2)22-19(24)15(9)8-21-18(23)13-6-14-11(3)12(4)25-17(14)16(20)7-13/h5-7,11-12,15H,8H2,1-4H3,(H,21,23)/t11-,12-,15?/m0/s1. The van der Waals surface area contributed by atoms with Crippen LogP contribution in [-0.4, -0.2) is 30.2 Å². The molecule has 1 N–H and O–H groups in total. The molecule has 0 aromatic heterocycles. The van der Waals surface area contributed by atoms with Crippen LogP contribution < -0.4 is 10.1 Å². The lowest BCUT2D eigenvalue weighted by Gasteiger charge is -2.19. The number of carbonyl (C=O) groups is 2. The quantitative estimate of drug-likeness (QED) is 0.835. The third-order valence-corrected chi connectivity index (χ3v) is 5.46. The smallest absolute Gasteiger partial charge is 0.254 e. The average Bonchev–Trinajstić information content (AvgIpc) is 2.82. The molecular formula is C19H21BrN2O3. The number of carbonyl (C=O) groups excluding carboxylic acids is 2. The van der Waals surface area contributed by atoms with Gasteiger partial charge in [-0.25, -0.2) is 4.99 Å². The van der Waals surface area contributed by atoms with Crippen molar-refractivity contribution in [3.8, 4) is 5.75 Å². The van der Waals surface area contributed by atoms with Gasteiger partial charge in [0.05, 0.1) is 10.4 Å². The van der Waals surface area contributed by atoms with E-state index in [0.29, 0.717) is 11.3 Å². The fourth-order valence-corrected chi connectivity index (χ4v) is 3.77. The molecule has 2 amide bonds. The molecular weight excluding hydrogens is 384 g/mol. The van der Waals surface area contributed by atoms with E-state index in [-0.39, 0.29) is 30.4 Å². The lowest BCUT2D eigenvalue weighted by molar-refractivity contribution is -0.120. The summed E-state index contributed by atoms with van der Waals surface area (Å²) < 4.78 is 6.61. The number of halogens is 1. The minimum absolute atomic E-state index is 0.0818. The Labute approximate surface area is 155 Å². The van der Waals surface area contributed by atoms with Gasteiger partial charge in [0.25, 0.3) is 11.8 Å². The van der Waals surface area contributed by atoms with Crippen LogP contribution >= 0.6 is 15.9 Å². The second-order valence-corrected chi connectivity index (χ2v) is 7.58. The maximum atomic E-state index is 12.6. The Kier molecular flexibility index (Phi) is 4.82. The van der Waals surface area contributed by atoms with E-state index in [1.165, 1.54) is 0 Å². The third-order valence-electron chi connectivity index (χ3n) is 4.87. The molecule has 2 aliphatic heterocycles. The largest absolute Gasteiger partial charge is 0.489 e. The van der Waals surface area contributed by atoms with Crippen LogP contribution in [0.3, 0.4) is 0 Å². The van der Waals surface area contributed by atoms with E-state index in [2.05, 4.69) is 33.2 Å². The molecule has 0 spiro atoms. The summed E-state index contributed by atoms with van der Waals surface area (Å²) in [7, 11) is 0. The number of allylic oxidation sites excluding steroid dienone is 1. The molecule has 1 unspecified atom stereocenters. The minimum atomic E-state index is -0.396. The van der Waals surface area contributed by atoms with Gasteiger partial charge in [0.15, 0.2) is 0 Å². The van der Waals surface area contributed by atoms with E-state index in [1.54, 1.807) is 13.0 Å². The number of dihydropyridines is 1.